The molecule has 0 saturated carbocycles. The van der Waals surface area contributed by atoms with Crippen LogP contribution >= 0.6 is 0 Å². The Morgan fingerprint density at radius 2 is 1.89 bits per heavy atom. The lowest BCUT2D eigenvalue weighted by atomic mass is 9.84. The van der Waals surface area contributed by atoms with Crippen LogP contribution in [0.2, 0.25) is 0 Å². The van der Waals surface area contributed by atoms with Crippen molar-refractivity contribution < 1.29 is 27.4 Å². The van der Waals surface area contributed by atoms with Crippen molar-refractivity contribution in [1.29, 1.82) is 0 Å². The van der Waals surface area contributed by atoms with Gasteiger partial charge in [0.1, 0.15) is 6.04 Å². The van der Waals surface area contributed by atoms with Crippen LogP contribution in [-0.2, 0) is 22.3 Å². The quantitative estimate of drug-likeness (QED) is 0.647. The van der Waals surface area contributed by atoms with Gasteiger partial charge in [-0.1, -0.05) is 27.7 Å². The number of likely N-dealkylation sites (tertiary alicyclic amines) is 1. The van der Waals surface area contributed by atoms with Gasteiger partial charge in [0.2, 0.25) is 0 Å². The highest BCUT2D eigenvalue weighted by Crippen LogP contribution is 2.33. The van der Waals surface area contributed by atoms with Gasteiger partial charge in [-0.05, 0) is 29.7 Å². The second-order valence-electron chi connectivity index (χ2n) is 8.62. The number of carbonyl (C=O) groups excluding carboxylic acids is 1. The zero-order chi connectivity index (χ0) is 21.3. The number of alkyl halides is 3. The molecule has 0 bridgehead atoms. The van der Waals surface area contributed by atoms with E-state index < -0.39 is 29.3 Å². The van der Waals surface area contributed by atoms with E-state index in [0.717, 1.165) is 23.9 Å². The molecule has 1 unspecified atom stereocenters. The van der Waals surface area contributed by atoms with Crippen molar-refractivity contribution in [2.24, 2.45) is 11.3 Å². The molecular weight excluding hydrogens is 380 g/mol. The van der Waals surface area contributed by atoms with E-state index in [-0.39, 0.29) is 29.7 Å². The van der Waals surface area contributed by atoms with Gasteiger partial charge < -0.3 is 9.47 Å². The Kier molecular flexibility index (Phi) is 6.58. The highest BCUT2D eigenvalue weighted by molar-refractivity contribution is 5.73. The Balaban J connectivity index is 2.38. The van der Waals surface area contributed by atoms with Gasteiger partial charge in [-0.2, -0.15) is 13.2 Å². The molecule has 1 atom stereocenters. The number of halogens is 4. The largest absolute Gasteiger partial charge is 0.416 e. The topological polar surface area (TPSA) is 51.5 Å². The number of aromatic nitrogens is 1. The summed E-state index contributed by atoms with van der Waals surface area (Å²) >= 11 is 0. The number of pyridine rings is 1. The molecule has 1 saturated heterocycles. The van der Waals surface area contributed by atoms with Gasteiger partial charge in [0, 0.05) is 36.4 Å². The molecule has 2 heterocycles. The molecule has 1 aromatic heterocycles. The average Bonchev–Trinajstić information content (AvgIpc) is 2.54. The van der Waals surface area contributed by atoms with Crippen molar-refractivity contribution in [3.8, 4) is 0 Å². The molecule has 1 aromatic rings. The van der Waals surface area contributed by atoms with Crippen LogP contribution in [0.3, 0.4) is 0 Å². The maximum Gasteiger partial charge on any atom is 0.416 e. The van der Waals surface area contributed by atoms with E-state index >= 15 is 0 Å². The first kappa shape index (κ1) is 22.4. The fraction of sp³-hybridized carbons (Fsp3) is 0.684. The van der Waals surface area contributed by atoms with E-state index in [1.807, 2.05) is 4.90 Å². The Morgan fingerprint density at radius 1 is 1.29 bits per heavy atom. The lowest BCUT2D eigenvalue weighted by molar-refractivity contribution is -0.188. The number of hydrogen-bond acceptors (Lipinski definition) is 4. The molecule has 0 spiro atoms. The average molecular weight is 406 g/mol. The Bertz CT molecular complexity index is 763. The van der Waals surface area contributed by atoms with Crippen LogP contribution < -0.4 is 5.56 Å². The maximum atomic E-state index is 13.4. The van der Waals surface area contributed by atoms with Crippen LogP contribution in [-0.4, -0.2) is 35.1 Å². The fourth-order valence-corrected chi connectivity index (χ4v) is 3.72. The third kappa shape index (κ3) is 5.33. The van der Waals surface area contributed by atoms with Crippen molar-refractivity contribution in [3.05, 3.63) is 33.7 Å². The molecule has 1 aliphatic rings. The van der Waals surface area contributed by atoms with Crippen LogP contribution in [0.15, 0.2) is 17.1 Å². The number of nitrogens with zero attached hydrogens (tertiary/aromatic N) is 2. The molecule has 1 fully saturated rings. The van der Waals surface area contributed by atoms with E-state index in [1.54, 1.807) is 13.8 Å². The monoisotopic (exact) mass is 406 g/mol. The second kappa shape index (κ2) is 8.23. The lowest BCUT2D eigenvalue weighted by Gasteiger charge is -2.46. The fourth-order valence-electron chi connectivity index (χ4n) is 3.72. The SMILES string of the molecule is CC(C)CC(C(=O)OF)n1cc(CCN2CC(C)(C)C2)c(C(F)(F)F)cc1=O. The molecule has 0 aromatic carbocycles. The zero-order valence-corrected chi connectivity index (χ0v) is 16.5. The minimum Gasteiger partial charge on any atom is -0.302 e. The highest BCUT2D eigenvalue weighted by Gasteiger charge is 2.37. The van der Waals surface area contributed by atoms with Crippen molar-refractivity contribution in [1.82, 2.24) is 9.47 Å². The zero-order valence-electron chi connectivity index (χ0n) is 16.5. The van der Waals surface area contributed by atoms with Crippen LogP contribution in [0, 0.1) is 11.3 Å². The van der Waals surface area contributed by atoms with Crippen molar-refractivity contribution in [2.45, 2.75) is 52.8 Å². The van der Waals surface area contributed by atoms with Crippen LogP contribution in [0.5, 0.6) is 0 Å². The predicted octanol–water partition coefficient (Wildman–Crippen LogP) is 3.77. The third-order valence-electron chi connectivity index (χ3n) is 4.85. The minimum absolute atomic E-state index is 0.0598. The third-order valence-corrected chi connectivity index (χ3v) is 4.85. The first-order valence-electron chi connectivity index (χ1n) is 9.21. The summed E-state index contributed by atoms with van der Waals surface area (Å²) in [7, 11) is 0. The summed E-state index contributed by atoms with van der Waals surface area (Å²) in [4.78, 5) is 29.4. The molecule has 0 amide bonds. The lowest BCUT2D eigenvalue weighted by Crippen LogP contribution is -2.53. The van der Waals surface area contributed by atoms with E-state index in [1.165, 1.54) is 0 Å². The minimum atomic E-state index is -4.70. The van der Waals surface area contributed by atoms with Gasteiger partial charge in [0.05, 0.1) is 5.56 Å². The molecule has 0 aliphatic carbocycles. The molecule has 2 rings (SSSR count). The first-order chi connectivity index (χ1) is 12.8. The number of carbonyl (C=O) groups is 1. The first-order valence-corrected chi connectivity index (χ1v) is 9.21. The van der Waals surface area contributed by atoms with E-state index in [4.69, 9.17) is 0 Å². The standard InChI is InChI=1S/C19H26F4N2O3/c1-12(2)7-15(17(27)28-23)25-9-13(5-6-24-10-18(3,4)11-24)14(8-16(25)26)19(20,21)22/h8-9,12,15H,5-7,10-11H2,1-4H3. The molecular formula is C19H26F4N2O3. The van der Waals surface area contributed by atoms with E-state index in [9.17, 15) is 27.3 Å². The normalized spacial score (nSPS) is 18.0. The summed E-state index contributed by atoms with van der Waals surface area (Å²) in [6.07, 6.45) is -3.55. The van der Waals surface area contributed by atoms with Crippen LogP contribution in [0.25, 0.3) is 0 Å². The van der Waals surface area contributed by atoms with Crippen LogP contribution in [0.1, 0.15) is 51.3 Å². The van der Waals surface area contributed by atoms with E-state index in [0.29, 0.717) is 12.6 Å². The molecule has 9 heteroatoms. The van der Waals surface area contributed by atoms with Crippen LogP contribution in [0.4, 0.5) is 17.7 Å². The molecule has 28 heavy (non-hydrogen) atoms. The summed E-state index contributed by atoms with van der Waals surface area (Å²) in [6.45, 7) is 9.59. The van der Waals surface area contributed by atoms with Gasteiger partial charge in [0.25, 0.3) is 5.56 Å². The van der Waals surface area contributed by atoms with Gasteiger partial charge in [-0.3, -0.25) is 9.74 Å². The molecule has 1 aliphatic heterocycles. The molecule has 0 radical (unpaired) electrons. The van der Waals surface area contributed by atoms with Crippen molar-refractivity contribution in [3.63, 3.8) is 0 Å². The molecule has 158 valence electrons. The van der Waals surface area contributed by atoms with Gasteiger partial charge in [-0.15, -0.1) is 0 Å². The van der Waals surface area contributed by atoms with Gasteiger partial charge in [0.15, 0.2) is 0 Å². The summed E-state index contributed by atoms with van der Waals surface area (Å²) in [5, 5.41) is 0. The molecule has 5 nitrogen and oxygen atoms in total. The molecule has 0 N–H and O–H groups in total. The number of hydrogen-bond donors (Lipinski definition) is 0. The van der Waals surface area contributed by atoms with Crippen molar-refractivity contribution in [2.75, 3.05) is 19.6 Å². The summed E-state index contributed by atoms with van der Waals surface area (Å²) < 4.78 is 53.6. The maximum absolute atomic E-state index is 13.4. The van der Waals surface area contributed by atoms with Gasteiger partial charge in [-0.25, -0.2) is 4.79 Å². The highest BCUT2D eigenvalue weighted by atomic mass is 19.4. The summed E-state index contributed by atoms with van der Waals surface area (Å²) in [6, 6.07) is -0.838. The smallest absolute Gasteiger partial charge is 0.302 e. The van der Waals surface area contributed by atoms with E-state index in [2.05, 4.69) is 18.8 Å². The van der Waals surface area contributed by atoms with Gasteiger partial charge >= 0.3 is 12.1 Å². The number of rotatable bonds is 7. The Labute approximate surface area is 161 Å². The summed E-state index contributed by atoms with van der Waals surface area (Å²) in [5.41, 5.74) is -2.00. The predicted molar refractivity (Wildman–Crippen MR) is 95.3 cm³/mol. The Morgan fingerprint density at radius 3 is 2.36 bits per heavy atom. The van der Waals surface area contributed by atoms with Crippen molar-refractivity contribution >= 4 is 5.97 Å². The Hall–Kier alpha value is -1.90. The summed E-state index contributed by atoms with van der Waals surface area (Å²) in [5.74, 6) is -1.41. The second-order valence-corrected chi connectivity index (χ2v) is 8.62.